The van der Waals surface area contributed by atoms with Crippen LogP contribution in [0.3, 0.4) is 0 Å². The second-order valence-corrected chi connectivity index (χ2v) is 6.93. The number of aliphatic hydroxyl groups is 1. The lowest BCUT2D eigenvalue weighted by Crippen LogP contribution is -2.48. The van der Waals surface area contributed by atoms with Crippen LogP contribution in [-0.4, -0.2) is 65.8 Å². The van der Waals surface area contributed by atoms with E-state index in [1.807, 2.05) is 17.9 Å². The highest BCUT2D eigenvalue weighted by molar-refractivity contribution is 5.76. The molecule has 0 radical (unpaired) electrons. The maximum atomic E-state index is 12.6. The molecular weight excluding hydrogens is 304 g/mol. The number of hydrogen-bond acceptors (Lipinski definition) is 4. The topological polar surface area (TPSA) is 53.0 Å². The number of ether oxygens (including phenoxy) is 1. The fourth-order valence-corrected chi connectivity index (χ4v) is 3.70. The average molecular weight is 332 g/mol. The number of fused-ring (bicyclic) bond motifs is 1. The Bertz CT molecular complexity index is 561. The molecule has 1 fully saturated rings. The minimum atomic E-state index is -0.339. The number of nitrogens with zero attached hydrogens (tertiary/aromatic N) is 2. The molecule has 0 bridgehead atoms. The van der Waals surface area contributed by atoms with Gasteiger partial charge in [0.15, 0.2) is 0 Å². The first-order valence-electron chi connectivity index (χ1n) is 8.98. The Morgan fingerprint density at radius 3 is 2.92 bits per heavy atom. The van der Waals surface area contributed by atoms with Crippen molar-refractivity contribution in [3.63, 3.8) is 0 Å². The van der Waals surface area contributed by atoms with Gasteiger partial charge in [0.05, 0.1) is 19.3 Å². The van der Waals surface area contributed by atoms with E-state index in [1.54, 1.807) is 0 Å². The number of hydrogen-bond donors (Lipinski definition) is 1. The van der Waals surface area contributed by atoms with Gasteiger partial charge in [0.25, 0.3) is 0 Å². The van der Waals surface area contributed by atoms with Crippen molar-refractivity contribution in [2.45, 2.75) is 44.9 Å². The summed E-state index contributed by atoms with van der Waals surface area (Å²) in [5, 5.41) is 9.64. The number of aliphatic hydroxyl groups excluding tert-OH is 1. The molecule has 1 amide bonds. The Labute approximate surface area is 144 Å². The van der Waals surface area contributed by atoms with Gasteiger partial charge in [-0.15, -0.1) is 0 Å². The Balaban J connectivity index is 1.52. The zero-order valence-electron chi connectivity index (χ0n) is 14.5. The van der Waals surface area contributed by atoms with Crippen molar-refractivity contribution in [3.8, 4) is 0 Å². The van der Waals surface area contributed by atoms with Gasteiger partial charge >= 0.3 is 0 Å². The molecule has 132 valence electrons. The van der Waals surface area contributed by atoms with Crippen molar-refractivity contribution in [1.29, 1.82) is 0 Å². The molecule has 1 aromatic carbocycles. The normalized spacial score (nSPS) is 22.9. The molecule has 0 aliphatic carbocycles. The maximum Gasteiger partial charge on any atom is 0.224 e. The van der Waals surface area contributed by atoms with Crippen molar-refractivity contribution in [1.82, 2.24) is 9.80 Å². The fraction of sp³-hybridized carbons (Fsp3) is 0.632. The number of carbonyl (C=O) groups is 1. The lowest BCUT2D eigenvalue weighted by molar-refractivity contribution is -0.133. The number of morpholine rings is 1. The van der Waals surface area contributed by atoms with Crippen LogP contribution in [0, 0.1) is 0 Å². The van der Waals surface area contributed by atoms with Crippen LogP contribution < -0.4 is 0 Å². The van der Waals surface area contributed by atoms with E-state index in [-0.39, 0.29) is 18.1 Å². The molecule has 1 saturated heterocycles. The molecule has 3 rings (SSSR count). The van der Waals surface area contributed by atoms with E-state index in [4.69, 9.17) is 4.74 Å². The van der Waals surface area contributed by atoms with Crippen LogP contribution >= 0.6 is 0 Å². The number of rotatable bonds is 5. The zero-order chi connectivity index (χ0) is 16.9. The van der Waals surface area contributed by atoms with Crippen LogP contribution in [0.5, 0.6) is 0 Å². The Morgan fingerprint density at radius 2 is 2.12 bits per heavy atom. The quantitative estimate of drug-likeness (QED) is 0.886. The molecule has 0 spiro atoms. The van der Waals surface area contributed by atoms with Gasteiger partial charge in [-0.05, 0) is 30.9 Å². The van der Waals surface area contributed by atoms with Crippen molar-refractivity contribution in [2.24, 2.45) is 0 Å². The van der Waals surface area contributed by atoms with E-state index in [1.165, 1.54) is 11.1 Å². The predicted octanol–water partition coefficient (Wildman–Crippen LogP) is 1.43. The molecular formula is C19H28N2O3. The molecule has 2 aliphatic heterocycles. The Hall–Kier alpha value is -1.43. The monoisotopic (exact) mass is 332 g/mol. The standard InChI is InChI=1S/C19H28N2O3/c1-15(22)12-18-14-24-11-10-20(18)9-7-19(23)21-8-6-16-4-2-3-5-17(16)13-21/h2-5,15,18,22H,6-14H2,1H3/t15-,18-/m0/s1. The van der Waals surface area contributed by atoms with Crippen molar-refractivity contribution < 1.29 is 14.6 Å². The molecule has 1 N–H and O–H groups in total. The van der Waals surface area contributed by atoms with E-state index >= 15 is 0 Å². The van der Waals surface area contributed by atoms with Gasteiger partial charge in [0, 0.05) is 38.6 Å². The summed E-state index contributed by atoms with van der Waals surface area (Å²) in [6.45, 7) is 6.30. The molecule has 0 aromatic heterocycles. The Kier molecular flexibility index (Phi) is 5.87. The van der Waals surface area contributed by atoms with Crippen LogP contribution in [0.15, 0.2) is 24.3 Å². The lowest BCUT2D eigenvalue weighted by atomic mass is 9.99. The van der Waals surface area contributed by atoms with Gasteiger partial charge in [0.2, 0.25) is 5.91 Å². The zero-order valence-corrected chi connectivity index (χ0v) is 14.5. The molecule has 0 unspecified atom stereocenters. The van der Waals surface area contributed by atoms with Crippen LogP contribution in [0.25, 0.3) is 0 Å². The van der Waals surface area contributed by atoms with E-state index in [0.29, 0.717) is 26.1 Å². The van der Waals surface area contributed by atoms with Gasteiger partial charge in [-0.1, -0.05) is 24.3 Å². The summed E-state index contributed by atoms with van der Waals surface area (Å²) < 4.78 is 5.53. The molecule has 2 atom stereocenters. The average Bonchev–Trinajstić information content (AvgIpc) is 2.60. The van der Waals surface area contributed by atoms with Crippen molar-refractivity contribution in [2.75, 3.05) is 32.8 Å². The summed E-state index contributed by atoms with van der Waals surface area (Å²) in [4.78, 5) is 16.9. The summed E-state index contributed by atoms with van der Waals surface area (Å²) in [5.74, 6) is 0.229. The first-order valence-corrected chi connectivity index (χ1v) is 8.98. The minimum absolute atomic E-state index is 0.216. The summed E-state index contributed by atoms with van der Waals surface area (Å²) in [6.07, 6.45) is 1.85. The van der Waals surface area contributed by atoms with Gasteiger partial charge in [0.1, 0.15) is 0 Å². The SMILES string of the molecule is C[C@H](O)C[C@H]1COCCN1CCC(=O)N1CCc2ccccc2C1. The minimum Gasteiger partial charge on any atom is -0.393 e. The highest BCUT2D eigenvalue weighted by atomic mass is 16.5. The van der Waals surface area contributed by atoms with E-state index in [9.17, 15) is 9.90 Å². The number of carbonyl (C=O) groups excluding carboxylic acids is 1. The van der Waals surface area contributed by atoms with Crippen LogP contribution in [0.1, 0.15) is 30.9 Å². The molecule has 5 nitrogen and oxygen atoms in total. The lowest BCUT2D eigenvalue weighted by Gasteiger charge is -2.37. The first-order chi connectivity index (χ1) is 11.6. The smallest absolute Gasteiger partial charge is 0.224 e. The third kappa shape index (κ3) is 4.35. The Morgan fingerprint density at radius 1 is 1.33 bits per heavy atom. The largest absolute Gasteiger partial charge is 0.393 e. The van der Waals surface area contributed by atoms with Crippen molar-refractivity contribution >= 4 is 5.91 Å². The summed E-state index contributed by atoms with van der Waals surface area (Å²) in [7, 11) is 0. The van der Waals surface area contributed by atoms with Crippen LogP contribution in [-0.2, 0) is 22.5 Å². The van der Waals surface area contributed by atoms with Crippen molar-refractivity contribution in [3.05, 3.63) is 35.4 Å². The van der Waals surface area contributed by atoms with Crippen LogP contribution in [0.4, 0.5) is 0 Å². The van der Waals surface area contributed by atoms with Gasteiger partial charge < -0.3 is 14.7 Å². The summed E-state index contributed by atoms with van der Waals surface area (Å²) >= 11 is 0. The summed E-state index contributed by atoms with van der Waals surface area (Å²) in [5.41, 5.74) is 2.64. The third-order valence-corrected chi connectivity index (χ3v) is 5.06. The molecule has 2 heterocycles. The van der Waals surface area contributed by atoms with Crippen LogP contribution in [0.2, 0.25) is 0 Å². The van der Waals surface area contributed by atoms with E-state index in [0.717, 1.165) is 32.6 Å². The number of amides is 1. The second-order valence-electron chi connectivity index (χ2n) is 6.93. The van der Waals surface area contributed by atoms with Gasteiger partial charge in [-0.2, -0.15) is 0 Å². The highest BCUT2D eigenvalue weighted by Crippen LogP contribution is 2.19. The molecule has 1 aromatic rings. The summed E-state index contributed by atoms with van der Waals surface area (Å²) in [6, 6.07) is 8.60. The molecule has 5 heteroatoms. The highest BCUT2D eigenvalue weighted by Gasteiger charge is 2.26. The van der Waals surface area contributed by atoms with Gasteiger partial charge in [-0.3, -0.25) is 9.69 Å². The predicted molar refractivity (Wildman–Crippen MR) is 92.7 cm³/mol. The molecule has 0 saturated carbocycles. The second kappa shape index (κ2) is 8.10. The van der Waals surface area contributed by atoms with E-state index < -0.39 is 0 Å². The number of benzene rings is 1. The van der Waals surface area contributed by atoms with Gasteiger partial charge in [-0.25, -0.2) is 0 Å². The third-order valence-electron chi connectivity index (χ3n) is 5.06. The molecule has 24 heavy (non-hydrogen) atoms. The maximum absolute atomic E-state index is 12.6. The molecule has 2 aliphatic rings. The fourth-order valence-electron chi connectivity index (χ4n) is 3.70. The first kappa shape index (κ1) is 17.4. The van der Waals surface area contributed by atoms with E-state index in [2.05, 4.69) is 23.1 Å².